The molecule has 0 saturated carbocycles. The lowest BCUT2D eigenvalue weighted by Gasteiger charge is -2.23. The molecular formula is C18H29N3O4. The summed E-state index contributed by atoms with van der Waals surface area (Å²) in [5.74, 6) is -0.866. The number of likely N-dealkylation sites (N-methyl/N-ethyl adjacent to an activating group) is 2. The minimum atomic E-state index is -0.460. The zero-order valence-corrected chi connectivity index (χ0v) is 16.1. The summed E-state index contributed by atoms with van der Waals surface area (Å²) in [6.07, 6.45) is 1.36. The Labute approximate surface area is 149 Å². The summed E-state index contributed by atoms with van der Waals surface area (Å²) in [6, 6.07) is 0. The number of carbonyl (C=O) groups excluding carboxylic acids is 3. The quantitative estimate of drug-likeness (QED) is 0.726. The second-order valence-electron chi connectivity index (χ2n) is 5.95. The maximum absolute atomic E-state index is 12.8. The zero-order chi connectivity index (χ0) is 19.1. The maximum Gasteiger partial charge on any atom is 0.339 e. The standard InChI is InChI=1S/C18H29N3O4/c1-7-10-13-15(18(24)25-6)12(4)19-16(13)17(23)20(5)11-14(22)21(8-2)9-3/h19H,7-11H2,1-6H3. The first kappa shape index (κ1) is 20.7. The van der Waals surface area contributed by atoms with Gasteiger partial charge < -0.3 is 19.5 Å². The molecule has 1 N–H and O–H groups in total. The summed E-state index contributed by atoms with van der Waals surface area (Å²) in [5, 5.41) is 0. The number of H-pyrrole nitrogens is 1. The lowest BCUT2D eigenvalue weighted by atomic mass is 10.0. The number of esters is 1. The molecule has 25 heavy (non-hydrogen) atoms. The fourth-order valence-corrected chi connectivity index (χ4v) is 2.88. The van der Waals surface area contributed by atoms with E-state index in [9.17, 15) is 14.4 Å². The molecule has 1 heterocycles. The molecule has 7 heteroatoms. The van der Waals surface area contributed by atoms with Crippen molar-refractivity contribution in [2.45, 2.75) is 40.5 Å². The van der Waals surface area contributed by atoms with E-state index < -0.39 is 5.97 Å². The molecule has 0 saturated heterocycles. The number of ether oxygens (including phenoxy) is 1. The van der Waals surface area contributed by atoms with E-state index in [0.717, 1.165) is 6.42 Å². The normalized spacial score (nSPS) is 10.5. The number of amides is 2. The Bertz CT molecular complexity index is 633. The molecule has 0 atom stereocenters. The van der Waals surface area contributed by atoms with Crippen LogP contribution in [0.3, 0.4) is 0 Å². The second-order valence-corrected chi connectivity index (χ2v) is 5.95. The van der Waals surface area contributed by atoms with Crippen LogP contribution < -0.4 is 0 Å². The van der Waals surface area contributed by atoms with E-state index in [4.69, 9.17) is 4.74 Å². The number of rotatable bonds is 8. The number of carbonyl (C=O) groups is 3. The summed E-state index contributed by atoms with van der Waals surface area (Å²) in [7, 11) is 2.91. The minimum Gasteiger partial charge on any atom is -0.465 e. The number of hydrogen-bond donors (Lipinski definition) is 1. The summed E-state index contributed by atoms with van der Waals surface area (Å²) >= 11 is 0. The van der Waals surface area contributed by atoms with Gasteiger partial charge in [-0.1, -0.05) is 13.3 Å². The molecule has 0 radical (unpaired) electrons. The van der Waals surface area contributed by atoms with Crippen molar-refractivity contribution >= 4 is 17.8 Å². The van der Waals surface area contributed by atoms with Gasteiger partial charge in [-0.3, -0.25) is 9.59 Å². The van der Waals surface area contributed by atoms with Crippen molar-refractivity contribution in [2.24, 2.45) is 0 Å². The van der Waals surface area contributed by atoms with Crippen LogP contribution >= 0.6 is 0 Å². The van der Waals surface area contributed by atoms with Crippen molar-refractivity contribution < 1.29 is 19.1 Å². The topological polar surface area (TPSA) is 82.7 Å². The van der Waals surface area contributed by atoms with Crippen LogP contribution in [0, 0.1) is 6.92 Å². The molecule has 0 aliphatic heterocycles. The van der Waals surface area contributed by atoms with E-state index in [1.165, 1.54) is 12.0 Å². The number of aryl methyl sites for hydroxylation is 1. The van der Waals surface area contributed by atoms with Gasteiger partial charge in [0.1, 0.15) is 5.69 Å². The number of nitrogens with zero attached hydrogens (tertiary/aromatic N) is 2. The van der Waals surface area contributed by atoms with Gasteiger partial charge in [0.25, 0.3) is 5.91 Å². The number of aromatic amines is 1. The van der Waals surface area contributed by atoms with Gasteiger partial charge in [0.15, 0.2) is 0 Å². The average Bonchev–Trinajstić information content (AvgIpc) is 2.91. The molecule has 7 nitrogen and oxygen atoms in total. The molecule has 0 aliphatic rings. The fraction of sp³-hybridized carbons (Fsp3) is 0.611. The molecule has 1 rings (SSSR count). The van der Waals surface area contributed by atoms with Crippen molar-refractivity contribution in [1.82, 2.24) is 14.8 Å². The number of aromatic nitrogens is 1. The summed E-state index contributed by atoms with van der Waals surface area (Å²) in [4.78, 5) is 43.2. The first-order valence-corrected chi connectivity index (χ1v) is 8.65. The predicted octanol–water partition coefficient (Wildman–Crippen LogP) is 2.00. The SMILES string of the molecule is CCCc1c(C(=O)N(C)CC(=O)N(CC)CC)[nH]c(C)c1C(=O)OC. The van der Waals surface area contributed by atoms with Gasteiger partial charge in [0.2, 0.25) is 5.91 Å². The Morgan fingerprint density at radius 2 is 1.72 bits per heavy atom. The fourth-order valence-electron chi connectivity index (χ4n) is 2.88. The molecule has 0 aromatic carbocycles. The van der Waals surface area contributed by atoms with E-state index in [2.05, 4.69) is 4.98 Å². The van der Waals surface area contributed by atoms with E-state index in [1.54, 1.807) is 18.9 Å². The van der Waals surface area contributed by atoms with Crippen LogP contribution in [0.5, 0.6) is 0 Å². The van der Waals surface area contributed by atoms with Crippen LogP contribution in [0.2, 0.25) is 0 Å². The molecule has 0 aliphatic carbocycles. The average molecular weight is 351 g/mol. The lowest BCUT2D eigenvalue weighted by molar-refractivity contribution is -0.131. The predicted molar refractivity (Wildman–Crippen MR) is 95.8 cm³/mol. The Kier molecular flexibility index (Phi) is 7.67. The Balaban J connectivity index is 3.12. The van der Waals surface area contributed by atoms with Gasteiger partial charge in [-0.2, -0.15) is 0 Å². The first-order chi connectivity index (χ1) is 11.8. The van der Waals surface area contributed by atoms with Gasteiger partial charge in [-0.25, -0.2) is 4.79 Å². The lowest BCUT2D eigenvalue weighted by Crippen LogP contribution is -2.41. The third-order valence-electron chi connectivity index (χ3n) is 4.23. The largest absolute Gasteiger partial charge is 0.465 e. The summed E-state index contributed by atoms with van der Waals surface area (Å²) in [5.41, 5.74) is 2.02. The van der Waals surface area contributed by atoms with Crippen molar-refractivity contribution in [3.63, 3.8) is 0 Å². The molecule has 0 unspecified atom stereocenters. The van der Waals surface area contributed by atoms with Gasteiger partial charge in [0.05, 0.1) is 19.2 Å². The number of methoxy groups -OCH3 is 1. The molecule has 0 fully saturated rings. The van der Waals surface area contributed by atoms with E-state index >= 15 is 0 Å². The highest BCUT2D eigenvalue weighted by atomic mass is 16.5. The van der Waals surface area contributed by atoms with Crippen molar-refractivity contribution in [3.05, 3.63) is 22.5 Å². The Morgan fingerprint density at radius 3 is 2.20 bits per heavy atom. The van der Waals surface area contributed by atoms with Crippen LogP contribution in [-0.4, -0.2) is 66.4 Å². The Hall–Kier alpha value is -2.31. The smallest absolute Gasteiger partial charge is 0.339 e. The third-order valence-corrected chi connectivity index (χ3v) is 4.23. The second kappa shape index (κ2) is 9.25. The van der Waals surface area contributed by atoms with E-state index in [1.807, 2.05) is 20.8 Å². The number of nitrogens with one attached hydrogen (secondary N) is 1. The molecule has 0 spiro atoms. The van der Waals surface area contributed by atoms with Crippen molar-refractivity contribution in [1.29, 1.82) is 0 Å². The highest BCUT2D eigenvalue weighted by molar-refractivity contribution is 6.01. The van der Waals surface area contributed by atoms with E-state index in [-0.39, 0.29) is 18.4 Å². The van der Waals surface area contributed by atoms with Crippen molar-refractivity contribution in [3.8, 4) is 0 Å². The van der Waals surface area contributed by atoms with Crippen LogP contribution in [0.1, 0.15) is 59.3 Å². The molecule has 1 aromatic rings. The minimum absolute atomic E-state index is 0.00228. The van der Waals surface area contributed by atoms with Crippen LogP contribution in [0.15, 0.2) is 0 Å². The van der Waals surface area contributed by atoms with Crippen LogP contribution in [0.25, 0.3) is 0 Å². The monoisotopic (exact) mass is 351 g/mol. The molecule has 1 aromatic heterocycles. The zero-order valence-electron chi connectivity index (χ0n) is 16.1. The van der Waals surface area contributed by atoms with Gasteiger partial charge >= 0.3 is 5.97 Å². The number of hydrogen-bond acceptors (Lipinski definition) is 4. The van der Waals surface area contributed by atoms with Gasteiger partial charge in [0, 0.05) is 25.8 Å². The van der Waals surface area contributed by atoms with Gasteiger partial charge in [-0.15, -0.1) is 0 Å². The van der Waals surface area contributed by atoms with Gasteiger partial charge in [-0.05, 0) is 32.8 Å². The van der Waals surface area contributed by atoms with E-state index in [0.29, 0.717) is 42.0 Å². The summed E-state index contributed by atoms with van der Waals surface area (Å²) < 4.78 is 4.84. The highest BCUT2D eigenvalue weighted by Crippen LogP contribution is 2.22. The molecular weight excluding hydrogens is 322 g/mol. The molecule has 2 amide bonds. The summed E-state index contributed by atoms with van der Waals surface area (Å²) in [6.45, 7) is 8.73. The molecule has 140 valence electrons. The van der Waals surface area contributed by atoms with Crippen molar-refractivity contribution in [2.75, 3.05) is 33.8 Å². The maximum atomic E-state index is 12.8. The Morgan fingerprint density at radius 1 is 1.12 bits per heavy atom. The highest BCUT2D eigenvalue weighted by Gasteiger charge is 2.27. The first-order valence-electron chi connectivity index (χ1n) is 8.65. The van der Waals surface area contributed by atoms with Crippen LogP contribution in [0.4, 0.5) is 0 Å². The third kappa shape index (κ3) is 4.61. The van der Waals surface area contributed by atoms with Crippen LogP contribution in [-0.2, 0) is 16.0 Å². The molecule has 0 bridgehead atoms.